The Kier molecular flexibility index (Phi) is 4.14. The molecule has 0 spiro atoms. The predicted octanol–water partition coefficient (Wildman–Crippen LogP) is 1.17. The number of nitrogens with one attached hydrogen (secondary N) is 3. The average molecular weight is 313 g/mol. The van der Waals surface area contributed by atoms with E-state index in [1.807, 2.05) is 6.92 Å². The number of fused-ring (bicyclic) bond motifs is 1. The molecule has 6 heteroatoms. The molecule has 2 amide bonds. The monoisotopic (exact) mass is 313 g/mol. The first-order chi connectivity index (χ1) is 11.1. The van der Waals surface area contributed by atoms with Crippen LogP contribution in [0, 0.1) is 5.92 Å². The molecule has 1 aliphatic carbocycles. The molecule has 1 fully saturated rings. The van der Waals surface area contributed by atoms with Crippen LogP contribution in [-0.4, -0.2) is 29.4 Å². The van der Waals surface area contributed by atoms with Crippen LogP contribution in [0.3, 0.4) is 0 Å². The summed E-state index contributed by atoms with van der Waals surface area (Å²) in [6.07, 6.45) is 2.78. The van der Waals surface area contributed by atoms with E-state index in [-0.39, 0.29) is 29.3 Å². The first-order valence-electron chi connectivity index (χ1n) is 7.78. The fourth-order valence-electron chi connectivity index (χ4n) is 2.66. The van der Waals surface area contributed by atoms with E-state index in [1.165, 1.54) is 6.20 Å². The number of hydrogen-bond acceptors (Lipinski definition) is 3. The van der Waals surface area contributed by atoms with Gasteiger partial charge in [-0.1, -0.05) is 25.1 Å². The minimum Gasteiger partial charge on any atom is -0.356 e. The Balaban J connectivity index is 1.68. The number of rotatable bonds is 5. The lowest BCUT2D eigenvalue weighted by Gasteiger charge is -2.08. The van der Waals surface area contributed by atoms with Crippen LogP contribution in [-0.2, 0) is 4.79 Å². The van der Waals surface area contributed by atoms with Crippen LogP contribution < -0.4 is 16.2 Å². The van der Waals surface area contributed by atoms with Gasteiger partial charge < -0.3 is 15.6 Å². The van der Waals surface area contributed by atoms with Crippen molar-refractivity contribution >= 4 is 22.6 Å². The van der Waals surface area contributed by atoms with Gasteiger partial charge >= 0.3 is 0 Å². The maximum atomic E-state index is 12.4. The van der Waals surface area contributed by atoms with Gasteiger partial charge in [-0.15, -0.1) is 0 Å². The average Bonchev–Trinajstić information content (AvgIpc) is 3.31. The van der Waals surface area contributed by atoms with Gasteiger partial charge in [0.05, 0.1) is 5.56 Å². The van der Waals surface area contributed by atoms with E-state index < -0.39 is 0 Å². The first-order valence-corrected chi connectivity index (χ1v) is 7.78. The topological polar surface area (TPSA) is 91.1 Å². The van der Waals surface area contributed by atoms with Crippen molar-refractivity contribution < 1.29 is 9.59 Å². The molecular formula is C17H19N3O3. The molecule has 0 aliphatic heterocycles. The summed E-state index contributed by atoms with van der Waals surface area (Å²) in [7, 11) is 0. The minimum atomic E-state index is -0.205. The van der Waals surface area contributed by atoms with Crippen molar-refractivity contribution in [3.05, 3.63) is 46.4 Å². The highest BCUT2D eigenvalue weighted by Crippen LogP contribution is 2.30. The molecule has 120 valence electrons. The number of hydrogen-bond donors (Lipinski definition) is 3. The van der Waals surface area contributed by atoms with E-state index in [1.54, 1.807) is 24.3 Å². The fourth-order valence-corrected chi connectivity index (χ4v) is 2.66. The highest BCUT2D eigenvalue weighted by atomic mass is 16.2. The summed E-state index contributed by atoms with van der Waals surface area (Å²) in [5.41, 5.74) is 0.257. The lowest BCUT2D eigenvalue weighted by Crippen LogP contribution is -2.31. The number of H-pyrrole nitrogens is 1. The number of aromatic amines is 1. The molecule has 1 saturated carbocycles. The maximum Gasteiger partial charge on any atom is 0.255 e. The number of carbonyl (C=O) groups excluding carboxylic acids is 2. The van der Waals surface area contributed by atoms with Crippen molar-refractivity contribution in [1.29, 1.82) is 0 Å². The van der Waals surface area contributed by atoms with Crippen molar-refractivity contribution in [1.82, 2.24) is 15.6 Å². The summed E-state index contributed by atoms with van der Waals surface area (Å²) in [6.45, 7) is 2.40. The Labute approximate surface area is 133 Å². The van der Waals surface area contributed by atoms with Gasteiger partial charge in [0, 0.05) is 36.0 Å². The molecule has 1 aromatic heterocycles. The van der Waals surface area contributed by atoms with Crippen LogP contribution in [0.4, 0.5) is 0 Å². The van der Waals surface area contributed by atoms with Gasteiger partial charge in [-0.05, 0) is 18.4 Å². The molecule has 0 unspecified atom stereocenters. The largest absolute Gasteiger partial charge is 0.356 e. The molecule has 2 aromatic rings. The standard InChI is InChI=1S/C17H19N3O3/c1-2-15(21)18-8-10-7-14(10)20-17(23)13-9-19-16(22)12-6-4-3-5-11(12)13/h3-6,9-10,14H,2,7-8H2,1H3,(H,18,21)(H,19,22)(H,20,23)/t10-,14+/m0/s1. The predicted molar refractivity (Wildman–Crippen MR) is 87.2 cm³/mol. The summed E-state index contributed by atoms with van der Waals surface area (Å²) in [5, 5.41) is 6.94. The molecule has 3 rings (SSSR count). The summed E-state index contributed by atoms with van der Waals surface area (Å²) < 4.78 is 0. The van der Waals surface area contributed by atoms with E-state index >= 15 is 0 Å². The molecule has 1 aromatic carbocycles. The molecule has 0 radical (unpaired) electrons. The maximum absolute atomic E-state index is 12.4. The van der Waals surface area contributed by atoms with Crippen LogP contribution in [0.15, 0.2) is 35.3 Å². The van der Waals surface area contributed by atoms with Crippen LogP contribution in [0.5, 0.6) is 0 Å². The zero-order valence-electron chi connectivity index (χ0n) is 12.9. The summed E-state index contributed by atoms with van der Waals surface area (Å²) in [6, 6.07) is 7.12. The van der Waals surface area contributed by atoms with Gasteiger partial charge in [-0.2, -0.15) is 0 Å². The molecule has 0 bridgehead atoms. The molecule has 23 heavy (non-hydrogen) atoms. The Hall–Kier alpha value is -2.63. The van der Waals surface area contributed by atoms with Crippen LogP contribution in [0.1, 0.15) is 30.1 Å². The first kappa shape index (κ1) is 15.3. The van der Waals surface area contributed by atoms with Gasteiger partial charge in [0.25, 0.3) is 11.5 Å². The molecule has 1 aliphatic rings. The fraction of sp³-hybridized carbons (Fsp3) is 0.353. The number of carbonyl (C=O) groups is 2. The number of amides is 2. The lowest BCUT2D eigenvalue weighted by atomic mass is 10.1. The number of aromatic nitrogens is 1. The van der Waals surface area contributed by atoms with Gasteiger partial charge in [0.2, 0.25) is 5.91 Å². The third-order valence-electron chi connectivity index (χ3n) is 4.18. The van der Waals surface area contributed by atoms with E-state index in [2.05, 4.69) is 15.6 Å². The summed E-state index contributed by atoms with van der Waals surface area (Å²) in [5.74, 6) is 0.101. The number of pyridine rings is 1. The van der Waals surface area contributed by atoms with E-state index in [0.717, 1.165) is 6.42 Å². The van der Waals surface area contributed by atoms with Crippen molar-refractivity contribution in [2.45, 2.75) is 25.8 Å². The molecular weight excluding hydrogens is 294 g/mol. The third-order valence-corrected chi connectivity index (χ3v) is 4.18. The van der Waals surface area contributed by atoms with Crippen molar-refractivity contribution in [3.63, 3.8) is 0 Å². The number of benzene rings is 1. The molecule has 1 heterocycles. The van der Waals surface area contributed by atoms with Crippen LogP contribution in [0.2, 0.25) is 0 Å². The second-order valence-electron chi connectivity index (χ2n) is 5.81. The van der Waals surface area contributed by atoms with Gasteiger partial charge in [-0.3, -0.25) is 14.4 Å². The third kappa shape index (κ3) is 3.26. The summed E-state index contributed by atoms with van der Waals surface area (Å²) in [4.78, 5) is 38.1. The minimum absolute atomic E-state index is 0.0219. The Morgan fingerprint density at radius 2 is 2.00 bits per heavy atom. The zero-order valence-corrected chi connectivity index (χ0v) is 12.9. The Morgan fingerprint density at radius 3 is 2.74 bits per heavy atom. The van der Waals surface area contributed by atoms with Gasteiger partial charge in [0.15, 0.2) is 0 Å². The smallest absolute Gasteiger partial charge is 0.255 e. The molecule has 2 atom stereocenters. The Bertz CT molecular complexity index is 812. The highest BCUT2D eigenvalue weighted by molar-refractivity contribution is 6.06. The molecule has 0 saturated heterocycles. The van der Waals surface area contributed by atoms with E-state index in [4.69, 9.17) is 0 Å². The van der Waals surface area contributed by atoms with Crippen LogP contribution >= 0.6 is 0 Å². The van der Waals surface area contributed by atoms with E-state index in [0.29, 0.717) is 29.3 Å². The quantitative estimate of drug-likeness (QED) is 0.774. The summed E-state index contributed by atoms with van der Waals surface area (Å²) >= 11 is 0. The second kappa shape index (κ2) is 6.24. The van der Waals surface area contributed by atoms with Crippen molar-refractivity contribution in [3.8, 4) is 0 Å². The second-order valence-corrected chi connectivity index (χ2v) is 5.81. The SMILES string of the molecule is CCC(=O)NC[C@@H]1C[C@H]1NC(=O)c1c[nH]c(=O)c2ccccc12. The normalized spacial score (nSPS) is 19.3. The van der Waals surface area contributed by atoms with Crippen molar-refractivity contribution in [2.24, 2.45) is 5.92 Å². The lowest BCUT2D eigenvalue weighted by molar-refractivity contribution is -0.120. The van der Waals surface area contributed by atoms with Gasteiger partial charge in [-0.25, -0.2) is 0 Å². The molecule has 3 N–H and O–H groups in total. The van der Waals surface area contributed by atoms with Gasteiger partial charge in [0.1, 0.15) is 0 Å². The highest BCUT2D eigenvalue weighted by Gasteiger charge is 2.38. The van der Waals surface area contributed by atoms with Crippen LogP contribution in [0.25, 0.3) is 10.8 Å². The van der Waals surface area contributed by atoms with E-state index in [9.17, 15) is 14.4 Å². The van der Waals surface area contributed by atoms with Crippen molar-refractivity contribution in [2.75, 3.05) is 6.54 Å². The molecule has 6 nitrogen and oxygen atoms in total. The zero-order chi connectivity index (χ0) is 16.4. The Morgan fingerprint density at radius 1 is 1.26 bits per heavy atom.